The third kappa shape index (κ3) is 2.38. The Balaban J connectivity index is 2.10. The first kappa shape index (κ1) is 15.8. The molecule has 4 atom stereocenters. The quantitative estimate of drug-likeness (QED) is 0.703. The molecule has 4 N–H and O–H groups in total. The maximum atomic E-state index is 14.9. The average molecular weight is 327 g/mol. The number of aliphatic hydroxyl groups is 2. The summed E-state index contributed by atoms with van der Waals surface area (Å²) in [6, 6.07) is 0. The molecule has 23 heavy (non-hydrogen) atoms. The molecule has 1 aliphatic heterocycles. The minimum atomic E-state index is -2.15. The van der Waals surface area contributed by atoms with Crippen LogP contribution in [0, 0.1) is 0 Å². The lowest BCUT2D eigenvalue weighted by molar-refractivity contribution is -0.0566. The van der Waals surface area contributed by atoms with Gasteiger partial charge in [0.25, 0.3) is 0 Å². The van der Waals surface area contributed by atoms with E-state index in [1.807, 2.05) is 0 Å². The summed E-state index contributed by atoms with van der Waals surface area (Å²) in [7, 11) is 0. The van der Waals surface area contributed by atoms with Gasteiger partial charge in [-0.2, -0.15) is 9.97 Å². The summed E-state index contributed by atoms with van der Waals surface area (Å²) in [5.74, 6) is 0.132. The van der Waals surface area contributed by atoms with E-state index in [-0.39, 0.29) is 17.5 Å². The number of aromatic nitrogens is 4. The van der Waals surface area contributed by atoms with E-state index >= 15 is 0 Å². The number of fused-ring (bicyclic) bond motifs is 1. The summed E-state index contributed by atoms with van der Waals surface area (Å²) in [5.41, 5.74) is 4.05. The van der Waals surface area contributed by atoms with Crippen LogP contribution in [0.1, 0.15) is 20.1 Å². The van der Waals surface area contributed by atoms with Crippen LogP contribution in [-0.2, 0) is 4.74 Å². The molecule has 9 nitrogen and oxygen atoms in total. The van der Waals surface area contributed by atoms with Crippen LogP contribution < -0.4 is 10.5 Å². The Labute approximate surface area is 130 Å². The number of hydrogen-bond donors (Lipinski definition) is 3. The third-order valence-electron chi connectivity index (χ3n) is 3.84. The van der Waals surface area contributed by atoms with Crippen LogP contribution in [0.2, 0.25) is 0 Å². The lowest BCUT2D eigenvalue weighted by Crippen LogP contribution is -2.40. The Kier molecular flexibility index (Phi) is 3.82. The molecule has 0 spiro atoms. The highest BCUT2D eigenvalue weighted by molar-refractivity contribution is 5.77. The molecule has 1 fully saturated rings. The van der Waals surface area contributed by atoms with Crippen molar-refractivity contribution in [2.24, 2.45) is 0 Å². The van der Waals surface area contributed by atoms with Crippen LogP contribution in [0.3, 0.4) is 0 Å². The normalized spacial score (nSPS) is 30.9. The van der Waals surface area contributed by atoms with Crippen LogP contribution in [-0.4, -0.2) is 60.8 Å². The van der Waals surface area contributed by atoms with Crippen molar-refractivity contribution in [3.63, 3.8) is 0 Å². The zero-order valence-corrected chi connectivity index (χ0v) is 12.7. The smallest absolute Gasteiger partial charge is 0.247 e. The van der Waals surface area contributed by atoms with E-state index in [2.05, 4.69) is 15.0 Å². The first-order valence-corrected chi connectivity index (χ1v) is 7.16. The molecule has 0 aliphatic carbocycles. The van der Waals surface area contributed by atoms with Crippen molar-refractivity contribution in [1.29, 1.82) is 0 Å². The second-order valence-corrected chi connectivity index (χ2v) is 5.45. The van der Waals surface area contributed by atoms with E-state index in [0.29, 0.717) is 12.1 Å². The van der Waals surface area contributed by atoms with Gasteiger partial charge in [-0.05, 0) is 13.8 Å². The summed E-state index contributed by atoms with van der Waals surface area (Å²) in [6.45, 7) is 2.81. The number of nitrogens with two attached hydrogens (primary N) is 1. The number of aliphatic hydroxyl groups excluding tert-OH is 2. The molecular formula is C13H18FN5O4. The Morgan fingerprint density at radius 2 is 2.26 bits per heavy atom. The Morgan fingerprint density at radius 3 is 2.87 bits per heavy atom. The van der Waals surface area contributed by atoms with E-state index in [4.69, 9.17) is 15.2 Å². The predicted molar refractivity (Wildman–Crippen MR) is 77.4 cm³/mol. The third-order valence-corrected chi connectivity index (χ3v) is 3.84. The zero-order chi connectivity index (χ0) is 16.8. The summed E-state index contributed by atoms with van der Waals surface area (Å²) in [5, 5.41) is 19.2. The molecule has 3 heterocycles. The number of halogens is 1. The monoisotopic (exact) mass is 327 g/mol. The van der Waals surface area contributed by atoms with E-state index in [1.165, 1.54) is 17.8 Å². The molecule has 0 saturated carbocycles. The number of rotatable bonds is 4. The lowest BCUT2D eigenvalue weighted by atomic mass is 9.98. The van der Waals surface area contributed by atoms with Gasteiger partial charge in [-0.25, -0.2) is 9.37 Å². The minimum Gasteiger partial charge on any atom is -0.476 e. The zero-order valence-electron chi connectivity index (χ0n) is 12.7. The Morgan fingerprint density at radius 1 is 1.52 bits per heavy atom. The maximum Gasteiger partial charge on any atom is 0.247 e. The van der Waals surface area contributed by atoms with Gasteiger partial charge in [0, 0.05) is 0 Å². The number of alkyl halides is 1. The molecule has 1 unspecified atom stereocenters. The minimum absolute atomic E-state index is 0.0551. The highest BCUT2D eigenvalue weighted by atomic mass is 19.1. The van der Waals surface area contributed by atoms with Gasteiger partial charge < -0.3 is 25.4 Å². The number of hydrogen-bond acceptors (Lipinski definition) is 8. The molecule has 1 saturated heterocycles. The van der Waals surface area contributed by atoms with Crippen LogP contribution >= 0.6 is 0 Å². The number of ether oxygens (including phenoxy) is 2. The van der Waals surface area contributed by atoms with Crippen LogP contribution in [0.25, 0.3) is 11.2 Å². The highest BCUT2D eigenvalue weighted by Gasteiger charge is 2.55. The molecule has 10 heteroatoms. The van der Waals surface area contributed by atoms with Crippen LogP contribution in [0.15, 0.2) is 6.33 Å². The van der Waals surface area contributed by atoms with Gasteiger partial charge in [-0.1, -0.05) is 0 Å². The lowest BCUT2D eigenvalue weighted by Gasteiger charge is -2.24. The molecule has 2 aromatic heterocycles. The van der Waals surface area contributed by atoms with Crippen molar-refractivity contribution in [2.45, 2.75) is 38.0 Å². The van der Waals surface area contributed by atoms with E-state index in [9.17, 15) is 14.6 Å². The van der Waals surface area contributed by atoms with Gasteiger partial charge in [-0.3, -0.25) is 4.57 Å². The second kappa shape index (κ2) is 5.55. The van der Waals surface area contributed by atoms with Gasteiger partial charge in [0.05, 0.1) is 19.5 Å². The van der Waals surface area contributed by atoms with Gasteiger partial charge in [-0.15, -0.1) is 0 Å². The van der Waals surface area contributed by atoms with Crippen molar-refractivity contribution in [2.75, 3.05) is 18.9 Å². The molecule has 0 aromatic carbocycles. The van der Waals surface area contributed by atoms with E-state index in [1.54, 1.807) is 6.92 Å². The molecule has 1 aliphatic rings. The van der Waals surface area contributed by atoms with Gasteiger partial charge >= 0.3 is 0 Å². The Hall–Kier alpha value is -2.04. The molecular weight excluding hydrogens is 309 g/mol. The molecule has 0 bridgehead atoms. The van der Waals surface area contributed by atoms with Crippen molar-refractivity contribution < 1.29 is 24.1 Å². The SMILES string of the molecule is CCOc1nc(N)nc2c1ncn2[C@@H]1O[C@H](CO)C(O)[C@]1(C)F. The van der Waals surface area contributed by atoms with E-state index in [0.717, 1.165) is 0 Å². The molecule has 0 radical (unpaired) electrons. The number of imidazole rings is 1. The second-order valence-electron chi connectivity index (χ2n) is 5.45. The highest BCUT2D eigenvalue weighted by Crippen LogP contribution is 2.42. The maximum absolute atomic E-state index is 14.9. The fourth-order valence-electron chi connectivity index (χ4n) is 2.68. The molecule has 2 aromatic rings. The Bertz CT molecular complexity index is 722. The fraction of sp³-hybridized carbons (Fsp3) is 0.615. The molecule has 126 valence electrons. The van der Waals surface area contributed by atoms with Crippen molar-refractivity contribution in [3.05, 3.63) is 6.33 Å². The number of nitrogen functional groups attached to an aromatic ring is 1. The summed E-state index contributed by atoms with van der Waals surface area (Å²) in [4.78, 5) is 12.1. The largest absolute Gasteiger partial charge is 0.476 e. The molecule has 0 amide bonds. The van der Waals surface area contributed by atoms with Crippen LogP contribution in [0.4, 0.5) is 10.3 Å². The summed E-state index contributed by atoms with van der Waals surface area (Å²) >= 11 is 0. The van der Waals surface area contributed by atoms with Gasteiger partial charge in [0.2, 0.25) is 11.8 Å². The average Bonchev–Trinajstić information content (AvgIpc) is 3.00. The van der Waals surface area contributed by atoms with Crippen LogP contribution in [0.5, 0.6) is 5.88 Å². The topological polar surface area (TPSA) is 129 Å². The van der Waals surface area contributed by atoms with Crippen molar-refractivity contribution in [1.82, 2.24) is 19.5 Å². The standard InChI is InChI=1S/C13H18FN5O4/c1-3-22-10-7-9(17-12(15)18-10)19(5-16-7)11-13(2,14)8(21)6(4-20)23-11/h5-6,8,11,20-21H,3-4H2,1-2H3,(H2,15,17,18)/t6-,8?,11-,13+/m1/s1. The molecule has 3 rings (SSSR count). The number of nitrogens with zero attached hydrogens (tertiary/aromatic N) is 4. The fourth-order valence-corrected chi connectivity index (χ4v) is 2.68. The predicted octanol–water partition coefficient (Wildman–Crippen LogP) is -0.214. The first-order valence-electron chi connectivity index (χ1n) is 7.16. The van der Waals surface area contributed by atoms with E-state index < -0.39 is 30.7 Å². The summed E-state index contributed by atoms with van der Waals surface area (Å²) < 4.78 is 27.0. The summed E-state index contributed by atoms with van der Waals surface area (Å²) in [6.07, 6.45) is -2.43. The van der Waals surface area contributed by atoms with Gasteiger partial charge in [0.15, 0.2) is 23.1 Å². The first-order chi connectivity index (χ1) is 10.9. The van der Waals surface area contributed by atoms with Crippen molar-refractivity contribution in [3.8, 4) is 5.88 Å². The van der Waals surface area contributed by atoms with Gasteiger partial charge in [0.1, 0.15) is 12.2 Å². The van der Waals surface area contributed by atoms with Crippen molar-refractivity contribution >= 4 is 17.1 Å². The number of anilines is 1.